The molecule has 624 valence electrons. The summed E-state index contributed by atoms with van der Waals surface area (Å²) in [7, 11) is -9.92. The standard InChI is InChI=1S/C86H168O17P2/c1-7-9-11-13-15-17-19-21-23-25-27-29-31-33-35-37-39-41-46-50-58-64-70-85(90)102-81(74-96-83(88)68-62-56-49-45-40-38-36-34-32-30-28-26-24-22-20-18-16-14-12-10-8-2)76-100-104(92,93)98-72-80(87)73-99-105(94,95)101-77-82(75-97-84(89)69-63-57-53-52-55-61-67-79(5)6)103-86(91)71-65-59-51-47-43-42-44-48-54-60-66-78(3)4/h78-82,87H,7-77H2,1-6H3,(H,92,93)(H,94,95)/t80-,81-,82-/m1/s1. The maximum Gasteiger partial charge on any atom is 0.472 e. The topological polar surface area (TPSA) is 237 Å². The summed E-state index contributed by atoms with van der Waals surface area (Å²) in [6, 6.07) is 0. The van der Waals surface area contributed by atoms with E-state index in [0.29, 0.717) is 31.6 Å². The second-order valence-electron chi connectivity index (χ2n) is 31.9. The van der Waals surface area contributed by atoms with Gasteiger partial charge in [-0.1, -0.05) is 408 Å². The average Bonchev–Trinajstić information content (AvgIpc) is 0.911. The van der Waals surface area contributed by atoms with E-state index in [1.54, 1.807) is 0 Å². The van der Waals surface area contributed by atoms with E-state index >= 15 is 0 Å². The van der Waals surface area contributed by atoms with Crippen LogP contribution < -0.4 is 0 Å². The molecule has 105 heavy (non-hydrogen) atoms. The fourth-order valence-corrected chi connectivity index (χ4v) is 15.0. The fraction of sp³-hybridized carbons (Fsp3) is 0.953. The van der Waals surface area contributed by atoms with Crippen LogP contribution in [0.5, 0.6) is 0 Å². The second kappa shape index (κ2) is 77.4. The third-order valence-corrected chi connectivity index (χ3v) is 22.1. The number of aliphatic hydroxyl groups is 1. The Hall–Kier alpha value is -1.94. The minimum Gasteiger partial charge on any atom is -0.462 e. The average molecular weight is 1540 g/mol. The lowest BCUT2D eigenvalue weighted by atomic mass is 10.0. The first kappa shape index (κ1) is 103. The number of rotatable bonds is 85. The molecule has 0 heterocycles. The molecule has 2 unspecified atom stereocenters. The number of aliphatic hydroxyl groups excluding tert-OH is 1. The summed E-state index contributed by atoms with van der Waals surface area (Å²) in [5.74, 6) is -0.677. The Morgan fingerprint density at radius 2 is 0.438 bits per heavy atom. The van der Waals surface area contributed by atoms with Crippen LogP contribution in [0.15, 0.2) is 0 Å². The van der Waals surface area contributed by atoms with Crippen molar-refractivity contribution in [3.05, 3.63) is 0 Å². The van der Waals surface area contributed by atoms with Crippen molar-refractivity contribution in [3.63, 3.8) is 0 Å². The molecule has 0 rings (SSSR count). The molecule has 0 fully saturated rings. The Morgan fingerprint density at radius 1 is 0.257 bits per heavy atom. The molecule has 19 heteroatoms. The number of ether oxygens (including phenoxy) is 4. The highest BCUT2D eigenvalue weighted by molar-refractivity contribution is 7.47. The minimum absolute atomic E-state index is 0.105. The lowest BCUT2D eigenvalue weighted by Crippen LogP contribution is -2.30. The molecule has 3 N–H and O–H groups in total. The van der Waals surface area contributed by atoms with Crippen molar-refractivity contribution in [2.45, 2.75) is 477 Å². The third kappa shape index (κ3) is 79.9. The van der Waals surface area contributed by atoms with Gasteiger partial charge in [0, 0.05) is 25.7 Å². The van der Waals surface area contributed by atoms with Gasteiger partial charge in [0.1, 0.15) is 19.3 Å². The van der Waals surface area contributed by atoms with E-state index in [9.17, 15) is 43.2 Å². The van der Waals surface area contributed by atoms with Crippen molar-refractivity contribution in [3.8, 4) is 0 Å². The van der Waals surface area contributed by atoms with E-state index in [1.807, 2.05) is 0 Å². The quantitative estimate of drug-likeness (QED) is 0.0222. The SMILES string of the molecule is CCCCCCCCCCCCCCCCCCCCCCCCC(=O)O[C@H](COC(=O)CCCCCCCCCCCCCCCCCCCCCCC)COP(=O)(O)OC[C@@H](O)COP(=O)(O)OC[C@@H](COC(=O)CCCCCCCCC(C)C)OC(=O)CCCCCCCCCCCCC(C)C. The van der Waals surface area contributed by atoms with Crippen molar-refractivity contribution >= 4 is 39.5 Å². The highest BCUT2D eigenvalue weighted by Gasteiger charge is 2.30. The zero-order chi connectivity index (χ0) is 77.1. The third-order valence-electron chi connectivity index (χ3n) is 20.2. The summed E-state index contributed by atoms with van der Waals surface area (Å²) in [6.45, 7) is 9.56. The number of unbranched alkanes of at least 4 members (excludes halogenated alkanes) is 55. The first-order valence-corrected chi connectivity index (χ1v) is 47.5. The number of carbonyl (C=O) groups is 4. The molecule has 0 aromatic rings. The van der Waals surface area contributed by atoms with Crippen LogP contribution in [0.1, 0.15) is 459 Å². The molecule has 0 saturated carbocycles. The molecular formula is C86H168O17P2. The van der Waals surface area contributed by atoms with E-state index < -0.39 is 97.5 Å². The van der Waals surface area contributed by atoms with Crippen LogP contribution in [0.4, 0.5) is 0 Å². The summed E-state index contributed by atoms with van der Waals surface area (Å²) in [6.07, 6.45) is 69.9. The van der Waals surface area contributed by atoms with Crippen molar-refractivity contribution in [2.24, 2.45) is 11.8 Å². The summed E-state index contributed by atoms with van der Waals surface area (Å²) >= 11 is 0. The number of hydrogen-bond donors (Lipinski definition) is 3. The largest absolute Gasteiger partial charge is 0.472 e. The lowest BCUT2D eigenvalue weighted by molar-refractivity contribution is -0.161. The molecule has 5 atom stereocenters. The number of esters is 4. The van der Waals surface area contributed by atoms with Crippen molar-refractivity contribution < 1.29 is 80.2 Å². The molecule has 0 aliphatic heterocycles. The molecule has 0 bridgehead atoms. The van der Waals surface area contributed by atoms with Gasteiger partial charge in [-0.15, -0.1) is 0 Å². The Morgan fingerprint density at radius 3 is 0.648 bits per heavy atom. The summed E-state index contributed by atoms with van der Waals surface area (Å²) in [5.41, 5.74) is 0. The number of carbonyl (C=O) groups excluding carboxylic acids is 4. The highest BCUT2D eigenvalue weighted by atomic mass is 31.2. The lowest BCUT2D eigenvalue weighted by Gasteiger charge is -2.21. The van der Waals surface area contributed by atoms with Gasteiger partial charge in [-0.3, -0.25) is 37.3 Å². The second-order valence-corrected chi connectivity index (χ2v) is 34.8. The van der Waals surface area contributed by atoms with Crippen LogP contribution in [0.25, 0.3) is 0 Å². The molecule has 0 saturated heterocycles. The van der Waals surface area contributed by atoms with Crippen LogP contribution in [-0.2, 0) is 65.4 Å². The van der Waals surface area contributed by atoms with Gasteiger partial charge in [0.25, 0.3) is 0 Å². The van der Waals surface area contributed by atoms with Gasteiger partial charge in [0.05, 0.1) is 26.4 Å². The van der Waals surface area contributed by atoms with Crippen LogP contribution in [0.3, 0.4) is 0 Å². The maximum absolute atomic E-state index is 13.1. The molecule has 0 amide bonds. The number of phosphoric acid groups is 2. The fourth-order valence-electron chi connectivity index (χ4n) is 13.4. The first-order chi connectivity index (χ1) is 50.9. The van der Waals surface area contributed by atoms with Crippen molar-refractivity contribution in [2.75, 3.05) is 39.6 Å². The van der Waals surface area contributed by atoms with Crippen LogP contribution in [0, 0.1) is 11.8 Å². The molecular weight excluding hydrogens is 1370 g/mol. The normalized spacial score (nSPS) is 13.8. The number of hydrogen-bond acceptors (Lipinski definition) is 15. The molecule has 0 aliphatic rings. The van der Waals surface area contributed by atoms with Gasteiger partial charge in [-0.2, -0.15) is 0 Å². The molecule has 0 aromatic heterocycles. The van der Waals surface area contributed by atoms with Gasteiger partial charge in [0.2, 0.25) is 0 Å². The summed E-state index contributed by atoms with van der Waals surface area (Å²) in [4.78, 5) is 73.1. The monoisotopic (exact) mass is 1540 g/mol. The Labute approximate surface area is 645 Å². The van der Waals surface area contributed by atoms with Gasteiger partial charge >= 0.3 is 39.5 Å². The van der Waals surface area contributed by atoms with Crippen LogP contribution in [0.2, 0.25) is 0 Å². The van der Waals surface area contributed by atoms with Gasteiger partial charge < -0.3 is 33.8 Å². The zero-order valence-electron chi connectivity index (χ0n) is 69.0. The summed E-state index contributed by atoms with van der Waals surface area (Å²) in [5, 5.41) is 10.7. The predicted molar refractivity (Wildman–Crippen MR) is 432 cm³/mol. The van der Waals surface area contributed by atoms with E-state index in [2.05, 4.69) is 41.5 Å². The minimum atomic E-state index is -4.97. The highest BCUT2D eigenvalue weighted by Crippen LogP contribution is 2.45. The molecule has 17 nitrogen and oxygen atoms in total. The molecule has 0 spiro atoms. The van der Waals surface area contributed by atoms with Crippen molar-refractivity contribution in [1.29, 1.82) is 0 Å². The Bertz CT molecular complexity index is 2010. The first-order valence-electron chi connectivity index (χ1n) is 44.5. The Kier molecular flexibility index (Phi) is 76.0. The van der Waals surface area contributed by atoms with Gasteiger partial charge in [-0.25, -0.2) is 9.13 Å². The van der Waals surface area contributed by atoms with E-state index in [1.165, 1.54) is 270 Å². The number of phosphoric ester groups is 2. The molecule has 0 radical (unpaired) electrons. The van der Waals surface area contributed by atoms with E-state index in [4.69, 9.17) is 37.0 Å². The smallest absolute Gasteiger partial charge is 0.462 e. The summed E-state index contributed by atoms with van der Waals surface area (Å²) < 4.78 is 68.8. The van der Waals surface area contributed by atoms with Crippen LogP contribution in [-0.4, -0.2) is 96.7 Å². The Balaban J connectivity index is 5.18. The van der Waals surface area contributed by atoms with Crippen molar-refractivity contribution in [1.82, 2.24) is 0 Å². The van der Waals surface area contributed by atoms with Gasteiger partial charge in [-0.05, 0) is 37.5 Å². The van der Waals surface area contributed by atoms with Gasteiger partial charge in [0.15, 0.2) is 12.2 Å². The van der Waals surface area contributed by atoms with Crippen LogP contribution >= 0.6 is 15.6 Å². The maximum atomic E-state index is 13.1. The van der Waals surface area contributed by atoms with E-state index in [-0.39, 0.29) is 25.7 Å². The predicted octanol–water partition coefficient (Wildman–Crippen LogP) is 26.2. The molecule has 0 aliphatic carbocycles. The van der Waals surface area contributed by atoms with E-state index in [0.717, 1.165) is 102 Å². The molecule has 0 aromatic carbocycles. The zero-order valence-corrected chi connectivity index (χ0v) is 70.8.